The Labute approximate surface area is 183 Å². The first kappa shape index (κ1) is 21.2. The second-order valence-electron chi connectivity index (χ2n) is 6.45. The number of rotatable bonds is 5. The van der Waals surface area contributed by atoms with E-state index in [4.69, 9.17) is 23.2 Å². The fourth-order valence-corrected chi connectivity index (χ4v) is 4.01. The van der Waals surface area contributed by atoms with Gasteiger partial charge in [-0.05, 0) is 61.4 Å². The summed E-state index contributed by atoms with van der Waals surface area (Å²) in [6, 6.07) is 10.5. The Morgan fingerprint density at radius 3 is 2.62 bits per heavy atom. The molecular formula is C22H18Cl2N2O2S. The van der Waals surface area contributed by atoms with Crippen LogP contribution in [-0.2, 0) is 4.79 Å². The molecule has 1 aromatic heterocycles. The molecule has 7 heteroatoms. The Hall–Kier alpha value is -2.47. The molecule has 0 saturated carbocycles. The molecule has 3 rings (SSSR count). The largest absolute Gasteiger partial charge is 0.289 e. The lowest BCUT2D eigenvalue weighted by atomic mass is 10.1. The van der Waals surface area contributed by atoms with E-state index in [0.717, 1.165) is 16.8 Å². The van der Waals surface area contributed by atoms with Crippen LogP contribution in [0.4, 0.5) is 10.8 Å². The highest BCUT2D eigenvalue weighted by Gasteiger charge is 2.20. The van der Waals surface area contributed by atoms with E-state index >= 15 is 0 Å². The molecule has 4 nitrogen and oxygen atoms in total. The normalized spacial score (nSPS) is 11.1. The van der Waals surface area contributed by atoms with E-state index in [9.17, 15) is 9.59 Å². The standard InChI is InChI=1S/C22H18Cl2N2O2S/c1-13-5-4-6-20(14(13)2)26(15(3)27)22-25-17(12-29-22)8-10-21(28)18-11-16(23)7-9-19(18)24/h4-12H,1-3H3. The van der Waals surface area contributed by atoms with Gasteiger partial charge in [0.05, 0.1) is 16.4 Å². The van der Waals surface area contributed by atoms with Crippen molar-refractivity contribution < 1.29 is 9.59 Å². The highest BCUT2D eigenvalue weighted by molar-refractivity contribution is 7.14. The van der Waals surface area contributed by atoms with Crippen LogP contribution in [0.3, 0.4) is 0 Å². The number of aromatic nitrogens is 1. The Morgan fingerprint density at radius 1 is 1.14 bits per heavy atom. The summed E-state index contributed by atoms with van der Waals surface area (Å²) in [5, 5.41) is 3.10. The number of nitrogens with zero attached hydrogens (tertiary/aromatic N) is 2. The van der Waals surface area contributed by atoms with Crippen LogP contribution in [0, 0.1) is 13.8 Å². The average Bonchev–Trinajstić information content (AvgIpc) is 3.13. The van der Waals surface area contributed by atoms with Gasteiger partial charge in [0.1, 0.15) is 0 Å². The summed E-state index contributed by atoms with van der Waals surface area (Å²) in [5.41, 5.74) is 3.80. The molecule has 0 aliphatic heterocycles. The maximum absolute atomic E-state index is 12.4. The first-order valence-corrected chi connectivity index (χ1v) is 10.4. The summed E-state index contributed by atoms with van der Waals surface area (Å²) in [4.78, 5) is 30.8. The van der Waals surface area contributed by atoms with Gasteiger partial charge in [0.2, 0.25) is 5.91 Å². The molecule has 1 heterocycles. The maximum atomic E-state index is 12.4. The number of halogens is 2. The number of hydrogen-bond donors (Lipinski definition) is 0. The molecule has 0 N–H and O–H groups in total. The zero-order chi connectivity index (χ0) is 21.1. The molecule has 0 unspecified atom stereocenters. The van der Waals surface area contributed by atoms with Gasteiger partial charge in [0.15, 0.2) is 10.9 Å². The highest BCUT2D eigenvalue weighted by Crippen LogP contribution is 2.32. The van der Waals surface area contributed by atoms with Crippen molar-refractivity contribution in [3.63, 3.8) is 0 Å². The number of carbonyl (C=O) groups is 2. The zero-order valence-electron chi connectivity index (χ0n) is 16.1. The number of thiazole rings is 1. The van der Waals surface area contributed by atoms with Crippen LogP contribution in [0.15, 0.2) is 47.9 Å². The van der Waals surface area contributed by atoms with Gasteiger partial charge < -0.3 is 0 Å². The van der Waals surface area contributed by atoms with Crippen molar-refractivity contribution in [2.75, 3.05) is 4.90 Å². The summed E-state index contributed by atoms with van der Waals surface area (Å²) < 4.78 is 0. The first-order chi connectivity index (χ1) is 13.8. The average molecular weight is 445 g/mol. The minimum Gasteiger partial charge on any atom is -0.289 e. The molecule has 0 radical (unpaired) electrons. The quantitative estimate of drug-likeness (QED) is 0.327. The van der Waals surface area contributed by atoms with Gasteiger partial charge in [-0.1, -0.05) is 35.3 Å². The predicted molar refractivity (Wildman–Crippen MR) is 121 cm³/mol. The number of amides is 1. The van der Waals surface area contributed by atoms with Gasteiger partial charge in [0.25, 0.3) is 0 Å². The highest BCUT2D eigenvalue weighted by atomic mass is 35.5. The second-order valence-corrected chi connectivity index (χ2v) is 8.13. The number of ketones is 1. The first-order valence-electron chi connectivity index (χ1n) is 8.78. The molecule has 0 aliphatic carbocycles. The van der Waals surface area contributed by atoms with Crippen LogP contribution in [0.5, 0.6) is 0 Å². The molecule has 0 saturated heterocycles. The summed E-state index contributed by atoms with van der Waals surface area (Å²) in [6.07, 6.45) is 2.99. The Kier molecular flexibility index (Phi) is 6.52. The number of benzene rings is 2. The zero-order valence-corrected chi connectivity index (χ0v) is 18.4. The molecule has 0 spiro atoms. The molecule has 0 atom stereocenters. The van der Waals surface area contributed by atoms with Gasteiger partial charge in [0, 0.05) is 22.9 Å². The van der Waals surface area contributed by atoms with Crippen molar-refractivity contribution in [2.24, 2.45) is 0 Å². The van der Waals surface area contributed by atoms with E-state index in [1.165, 1.54) is 30.4 Å². The van der Waals surface area contributed by atoms with E-state index in [1.807, 2.05) is 32.0 Å². The predicted octanol–water partition coefficient (Wildman–Crippen LogP) is 6.65. The Bertz CT molecular complexity index is 1120. The van der Waals surface area contributed by atoms with Gasteiger partial charge in [-0.3, -0.25) is 14.5 Å². The minimum atomic E-state index is -0.273. The molecule has 1 amide bonds. The molecule has 29 heavy (non-hydrogen) atoms. The number of hydrogen-bond acceptors (Lipinski definition) is 4. The molecule has 0 aliphatic rings. The second kappa shape index (κ2) is 8.91. The van der Waals surface area contributed by atoms with Crippen molar-refractivity contribution in [2.45, 2.75) is 20.8 Å². The minimum absolute atomic E-state index is 0.134. The third-order valence-corrected chi connectivity index (χ3v) is 5.84. The third kappa shape index (κ3) is 4.75. The fraction of sp³-hybridized carbons (Fsp3) is 0.136. The maximum Gasteiger partial charge on any atom is 0.230 e. The summed E-state index contributed by atoms with van der Waals surface area (Å²) in [6.45, 7) is 5.48. The Balaban J connectivity index is 1.88. The van der Waals surface area contributed by atoms with Crippen LogP contribution in [0.1, 0.15) is 34.1 Å². The number of allylic oxidation sites excluding steroid dienone is 1. The molecule has 3 aromatic rings. The van der Waals surface area contributed by atoms with Crippen molar-refractivity contribution in [3.05, 3.63) is 80.3 Å². The monoisotopic (exact) mass is 444 g/mol. The van der Waals surface area contributed by atoms with E-state index in [0.29, 0.717) is 26.4 Å². The Morgan fingerprint density at radius 2 is 1.90 bits per heavy atom. The topological polar surface area (TPSA) is 50.3 Å². The van der Waals surface area contributed by atoms with Gasteiger partial charge >= 0.3 is 0 Å². The molecule has 148 valence electrons. The van der Waals surface area contributed by atoms with E-state index in [1.54, 1.807) is 28.5 Å². The van der Waals surface area contributed by atoms with Crippen molar-refractivity contribution in [1.29, 1.82) is 0 Å². The number of anilines is 2. The SMILES string of the molecule is CC(=O)N(c1nc(C=CC(=O)c2cc(Cl)ccc2Cl)cs1)c1cccc(C)c1C. The van der Waals surface area contributed by atoms with Crippen LogP contribution in [0.2, 0.25) is 10.0 Å². The lowest BCUT2D eigenvalue weighted by molar-refractivity contribution is -0.115. The van der Waals surface area contributed by atoms with E-state index < -0.39 is 0 Å². The van der Waals surface area contributed by atoms with Crippen LogP contribution >= 0.6 is 34.5 Å². The smallest absolute Gasteiger partial charge is 0.230 e. The van der Waals surface area contributed by atoms with Crippen LogP contribution < -0.4 is 4.90 Å². The third-order valence-electron chi connectivity index (χ3n) is 4.43. The summed E-state index contributed by atoms with van der Waals surface area (Å²) in [7, 11) is 0. The molecule has 2 aromatic carbocycles. The van der Waals surface area contributed by atoms with Gasteiger partial charge in [-0.15, -0.1) is 11.3 Å². The fourth-order valence-electron chi connectivity index (χ4n) is 2.78. The lowest BCUT2D eigenvalue weighted by Gasteiger charge is -2.21. The molecular weight excluding hydrogens is 427 g/mol. The number of aryl methyl sites for hydroxylation is 1. The van der Waals surface area contributed by atoms with Crippen molar-refractivity contribution in [3.8, 4) is 0 Å². The lowest BCUT2D eigenvalue weighted by Crippen LogP contribution is -2.23. The van der Waals surface area contributed by atoms with Crippen molar-refractivity contribution >= 4 is 63.1 Å². The molecule has 0 fully saturated rings. The summed E-state index contributed by atoms with van der Waals surface area (Å²) in [5.74, 6) is -0.407. The number of carbonyl (C=O) groups excluding carboxylic acids is 2. The van der Waals surface area contributed by atoms with Gasteiger partial charge in [-0.2, -0.15) is 0 Å². The van der Waals surface area contributed by atoms with Gasteiger partial charge in [-0.25, -0.2) is 4.98 Å². The van der Waals surface area contributed by atoms with Crippen LogP contribution in [-0.4, -0.2) is 16.7 Å². The van der Waals surface area contributed by atoms with Crippen LogP contribution in [0.25, 0.3) is 6.08 Å². The van der Waals surface area contributed by atoms with E-state index in [2.05, 4.69) is 4.98 Å². The molecule has 0 bridgehead atoms. The summed E-state index contributed by atoms with van der Waals surface area (Å²) >= 11 is 13.4. The van der Waals surface area contributed by atoms with E-state index in [-0.39, 0.29) is 11.7 Å². The van der Waals surface area contributed by atoms with Crippen molar-refractivity contribution in [1.82, 2.24) is 4.98 Å².